The van der Waals surface area contributed by atoms with E-state index in [0.717, 1.165) is 5.56 Å². The first-order valence-corrected chi connectivity index (χ1v) is 6.08. The smallest absolute Gasteiger partial charge is 0.145 e. The van der Waals surface area contributed by atoms with Crippen LogP contribution in [0.25, 0.3) is 0 Å². The Balaban J connectivity index is 3.27. The lowest BCUT2D eigenvalue weighted by Crippen LogP contribution is -2.26. The largest absolute Gasteiger partial charge is 0.496 e. The zero-order valence-electron chi connectivity index (χ0n) is 12.0. The maximum Gasteiger partial charge on any atom is 0.145 e. The molecule has 0 amide bonds. The normalized spacial score (nSPS) is 13.0. The molecule has 3 heteroatoms. The van der Waals surface area contributed by atoms with E-state index in [9.17, 15) is 4.79 Å². The molecule has 1 rings (SSSR count). The van der Waals surface area contributed by atoms with Crippen molar-refractivity contribution in [2.24, 2.45) is 5.41 Å². The fourth-order valence-corrected chi connectivity index (χ4v) is 2.09. The first-order chi connectivity index (χ1) is 8.32. The van der Waals surface area contributed by atoms with Crippen LogP contribution < -0.4 is 9.47 Å². The van der Waals surface area contributed by atoms with E-state index in [1.54, 1.807) is 14.2 Å². The van der Waals surface area contributed by atoms with Gasteiger partial charge in [0.25, 0.3) is 0 Å². The lowest BCUT2D eigenvalue weighted by atomic mass is 9.80. The van der Waals surface area contributed by atoms with Crippen LogP contribution in [-0.2, 0) is 4.79 Å². The topological polar surface area (TPSA) is 35.5 Å². The molecule has 0 aliphatic rings. The molecule has 1 unspecified atom stereocenters. The van der Waals surface area contributed by atoms with Crippen molar-refractivity contribution >= 4 is 5.78 Å². The second-order valence-corrected chi connectivity index (χ2v) is 5.41. The lowest BCUT2D eigenvalue weighted by Gasteiger charge is -2.24. The van der Waals surface area contributed by atoms with Crippen molar-refractivity contribution in [1.29, 1.82) is 0 Å². The number of hydrogen-bond donors (Lipinski definition) is 0. The molecule has 0 aromatic heterocycles. The second-order valence-electron chi connectivity index (χ2n) is 5.41. The third-order valence-corrected chi connectivity index (χ3v) is 3.03. The van der Waals surface area contributed by atoms with Crippen molar-refractivity contribution in [2.75, 3.05) is 14.2 Å². The van der Waals surface area contributed by atoms with E-state index in [2.05, 4.69) is 0 Å². The Labute approximate surface area is 109 Å². The van der Waals surface area contributed by atoms with Crippen LogP contribution in [0.3, 0.4) is 0 Å². The number of benzene rings is 1. The van der Waals surface area contributed by atoms with Gasteiger partial charge in [-0.25, -0.2) is 0 Å². The predicted molar refractivity (Wildman–Crippen MR) is 72.4 cm³/mol. The second kappa shape index (κ2) is 5.42. The minimum atomic E-state index is -0.384. The van der Waals surface area contributed by atoms with Crippen molar-refractivity contribution in [1.82, 2.24) is 0 Å². The fraction of sp³-hybridized carbons (Fsp3) is 0.533. The van der Waals surface area contributed by atoms with Crippen LogP contribution >= 0.6 is 0 Å². The van der Waals surface area contributed by atoms with Gasteiger partial charge < -0.3 is 9.47 Å². The third kappa shape index (κ3) is 2.84. The molecule has 0 saturated heterocycles. The maximum absolute atomic E-state index is 12.4. The van der Waals surface area contributed by atoms with Crippen molar-refractivity contribution in [3.8, 4) is 11.5 Å². The Bertz CT molecular complexity index is 408. The molecular weight excluding hydrogens is 228 g/mol. The minimum absolute atomic E-state index is 0.172. The number of carbonyl (C=O) groups excluding carboxylic acids is 1. The molecule has 18 heavy (non-hydrogen) atoms. The van der Waals surface area contributed by atoms with Crippen LogP contribution in [0.15, 0.2) is 18.2 Å². The number of Topliss-reactive ketones (excluding diaryl/α,β-unsaturated/α-hetero) is 1. The van der Waals surface area contributed by atoms with Crippen molar-refractivity contribution in [3.63, 3.8) is 0 Å². The van der Waals surface area contributed by atoms with E-state index in [1.807, 2.05) is 45.9 Å². The molecule has 1 aromatic carbocycles. The van der Waals surface area contributed by atoms with Gasteiger partial charge in [-0.15, -0.1) is 0 Å². The molecule has 0 aliphatic heterocycles. The van der Waals surface area contributed by atoms with E-state index in [0.29, 0.717) is 11.5 Å². The average molecular weight is 250 g/mol. The summed E-state index contributed by atoms with van der Waals surface area (Å²) in [7, 11) is 3.21. The predicted octanol–water partition coefficient (Wildman–Crippen LogP) is 3.42. The SMILES string of the molecule is COc1cccc(OC)c1C(C)C(=O)C(C)(C)C. The molecule has 3 nitrogen and oxygen atoms in total. The van der Waals surface area contributed by atoms with Crippen LogP contribution in [0, 0.1) is 5.41 Å². The number of methoxy groups -OCH3 is 2. The summed E-state index contributed by atoms with van der Waals surface area (Å²) in [4.78, 5) is 12.4. The molecule has 1 aromatic rings. The minimum Gasteiger partial charge on any atom is -0.496 e. The van der Waals surface area contributed by atoms with Gasteiger partial charge in [0.1, 0.15) is 17.3 Å². The molecule has 0 fully saturated rings. The van der Waals surface area contributed by atoms with Crippen LogP contribution in [0.2, 0.25) is 0 Å². The molecule has 0 radical (unpaired) electrons. The van der Waals surface area contributed by atoms with E-state index in [4.69, 9.17) is 9.47 Å². The van der Waals surface area contributed by atoms with Gasteiger partial charge in [0.15, 0.2) is 0 Å². The summed E-state index contributed by atoms with van der Waals surface area (Å²) in [5, 5.41) is 0. The van der Waals surface area contributed by atoms with Gasteiger partial charge in [0.2, 0.25) is 0 Å². The summed E-state index contributed by atoms with van der Waals surface area (Å²) >= 11 is 0. The highest BCUT2D eigenvalue weighted by Gasteiger charge is 2.31. The molecule has 0 spiro atoms. The standard InChI is InChI=1S/C15H22O3/c1-10(14(16)15(2,3)4)13-11(17-5)8-7-9-12(13)18-6/h7-10H,1-6H3. The number of ether oxygens (including phenoxy) is 2. The van der Waals surface area contributed by atoms with E-state index >= 15 is 0 Å². The number of ketones is 1. The van der Waals surface area contributed by atoms with Gasteiger partial charge in [-0.2, -0.15) is 0 Å². The maximum atomic E-state index is 12.4. The Morgan fingerprint density at radius 3 is 1.89 bits per heavy atom. The first kappa shape index (κ1) is 14.6. The molecule has 1 atom stereocenters. The molecule has 0 bridgehead atoms. The molecular formula is C15H22O3. The van der Waals surface area contributed by atoms with E-state index < -0.39 is 0 Å². The van der Waals surface area contributed by atoms with Gasteiger partial charge in [-0.05, 0) is 12.1 Å². The summed E-state index contributed by atoms with van der Waals surface area (Å²) < 4.78 is 10.7. The quantitative estimate of drug-likeness (QED) is 0.821. The first-order valence-electron chi connectivity index (χ1n) is 6.08. The molecule has 0 aliphatic carbocycles. The van der Waals surface area contributed by atoms with Crippen LogP contribution in [-0.4, -0.2) is 20.0 Å². The third-order valence-electron chi connectivity index (χ3n) is 3.03. The van der Waals surface area contributed by atoms with Crippen molar-refractivity contribution in [3.05, 3.63) is 23.8 Å². The summed E-state index contributed by atoms with van der Waals surface area (Å²) in [6.45, 7) is 7.67. The summed E-state index contributed by atoms with van der Waals surface area (Å²) in [6.07, 6.45) is 0. The van der Waals surface area contributed by atoms with Gasteiger partial charge in [-0.3, -0.25) is 4.79 Å². The summed E-state index contributed by atoms with van der Waals surface area (Å²) in [5.74, 6) is 1.31. The zero-order valence-corrected chi connectivity index (χ0v) is 12.0. The highest BCUT2D eigenvalue weighted by molar-refractivity contribution is 5.91. The Kier molecular flexibility index (Phi) is 4.38. The van der Waals surface area contributed by atoms with Gasteiger partial charge >= 0.3 is 0 Å². The van der Waals surface area contributed by atoms with Crippen LogP contribution in [0.5, 0.6) is 11.5 Å². The molecule has 0 saturated carbocycles. The Morgan fingerprint density at radius 2 is 1.56 bits per heavy atom. The number of rotatable bonds is 4. The summed E-state index contributed by atoms with van der Waals surface area (Å²) in [6, 6.07) is 5.56. The zero-order chi connectivity index (χ0) is 13.9. The number of carbonyl (C=O) groups is 1. The number of hydrogen-bond acceptors (Lipinski definition) is 3. The van der Waals surface area contributed by atoms with Crippen molar-refractivity contribution < 1.29 is 14.3 Å². The van der Waals surface area contributed by atoms with E-state index in [1.165, 1.54) is 0 Å². The monoisotopic (exact) mass is 250 g/mol. The highest BCUT2D eigenvalue weighted by atomic mass is 16.5. The Morgan fingerprint density at radius 1 is 1.11 bits per heavy atom. The van der Waals surface area contributed by atoms with Gasteiger partial charge in [-0.1, -0.05) is 33.8 Å². The lowest BCUT2D eigenvalue weighted by molar-refractivity contribution is -0.127. The highest BCUT2D eigenvalue weighted by Crippen LogP contribution is 2.38. The fourth-order valence-electron chi connectivity index (χ4n) is 2.09. The van der Waals surface area contributed by atoms with Crippen LogP contribution in [0.4, 0.5) is 0 Å². The molecule has 0 heterocycles. The summed E-state index contributed by atoms with van der Waals surface area (Å²) in [5.41, 5.74) is 0.438. The Hall–Kier alpha value is -1.51. The average Bonchev–Trinajstić information content (AvgIpc) is 2.34. The van der Waals surface area contributed by atoms with Gasteiger partial charge in [0.05, 0.1) is 14.2 Å². The molecule has 0 N–H and O–H groups in total. The van der Waals surface area contributed by atoms with E-state index in [-0.39, 0.29) is 17.1 Å². The van der Waals surface area contributed by atoms with Crippen LogP contribution in [0.1, 0.15) is 39.2 Å². The van der Waals surface area contributed by atoms with Crippen molar-refractivity contribution in [2.45, 2.75) is 33.6 Å². The van der Waals surface area contributed by atoms with Gasteiger partial charge in [0, 0.05) is 16.9 Å². The molecule has 100 valence electrons.